The first-order valence-corrected chi connectivity index (χ1v) is 12.8. The number of amides is 4. The van der Waals surface area contributed by atoms with Gasteiger partial charge in [0.05, 0.1) is 23.7 Å². The zero-order valence-corrected chi connectivity index (χ0v) is 20.0. The molecule has 4 amide bonds. The predicted molar refractivity (Wildman–Crippen MR) is 123 cm³/mol. The molecule has 0 aromatic carbocycles. The summed E-state index contributed by atoms with van der Waals surface area (Å²) in [5.74, 6) is 0.0289. The van der Waals surface area contributed by atoms with Gasteiger partial charge in [-0.1, -0.05) is 12.8 Å². The summed E-state index contributed by atoms with van der Waals surface area (Å²) in [7, 11) is 0. The molecule has 10 heteroatoms. The molecule has 0 radical (unpaired) electrons. The summed E-state index contributed by atoms with van der Waals surface area (Å²) in [5, 5.41) is 5.97. The molecule has 3 saturated heterocycles. The van der Waals surface area contributed by atoms with E-state index in [2.05, 4.69) is 15.6 Å². The van der Waals surface area contributed by atoms with Gasteiger partial charge in [0, 0.05) is 39.1 Å². The van der Waals surface area contributed by atoms with Crippen LogP contribution in [-0.2, 0) is 14.4 Å². The molecule has 1 aromatic rings. The Hall–Kier alpha value is -2.49. The lowest BCUT2D eigenvalue weighted by atomic mass is 9.73. The molecule has 2 N–H and O–H groups in total. The zero-order chi connectivity index (χ0) is 23.4. The Balaban J connectivity index is 1.41. The highest BCUT2D eigenvalue weighted by Gasteiger charge is 2.42. The van der Waals surface area contributed by atoms with Crippen molar-refractivity contribution in [3.63, 3.8) is 0 Å². The quantitative estimate of drug-likeness (QED) is 0.638. The molecule has 4 heterocycles. The first kappa shape index (κ1) is 23.7. The second kappa shape index (κ2) is 10.2. The molecule has 4 rings (SSSR count). The number of thiazole rings is 1. The van der Waals surface area contributed by atoms with Crippen LogP contribution >= 0.6 is 11.3 Å². The van der Waals surface area contributed by atoms with Gasteiger partial charge < -0.3 is 20.4 Å². The lowest BCUT2D eigenvalue weighted by Gasteiger charge is -2.42. The molecule has 9 nitrogen and oxygen atoms in total. The summed E-state index contributed by atoms with van der Waals surface area (Å²) in [6.45, 7) is 3.93. The van der Waals surface area contributed by atoms with Crippen LogP contribution in [0.4, 0.5) is 0 Å². The van der Waals surface area contributed by atoms with E-state index in [-0.39, 0.29) is 42.1 Å². The number of aromatic nitrogens is 1. The average molecular weight is 476 g/mol. The molecule has 1 aromatic heterocycles. The Morgan fingerprint density at radius 2 is 1.88 bits per heavy atom. The normalized spacial score (nSPS) is 26.5. The van der Waals surface area contributed by atoms with Crippen molar-refractivity contribution in [3.8, 4) is 0 Å². The van der Waals surface area contributed by atoms with Crippen molar-refractivity contribution >= 4 is 35.0 Å². The summed E-state index contributed by atoms with van der Waals surface area (Å²) in [6, 6.07) is 0.0411. The second-order valence-electron chi connectivity index (χ2n) is 9.55. The van der Waals surface area contributed by atoms with Gasteiger partial charge in [-0.2, -0.15) is 0 Å². The van der Waals surface area contributed by atoms with E-state index in [0.717, 1.165) is 32.1 Å². The van der Waals surface area contributed by atoms with Crippen molar-refractivity contribution in [2.24, 2.45) is 11.3 Å². The number of nitrogens with zero attached hydrogens (tertiary/aromatic N) is 3. The van der Waals surface area contributed by atoms with Crippen LogP contribution in [0.3, 0.4) is 0 Å². The molecule has 2 atom stereocenters. The SMILES string of the molecule is CC(=O)N1CC[C@H]2NC(=O)CNC(=O)C3(CCCC[C@H]2C1)CCN(C(=O)c1cncs1)CC3. The fraction of sp³-hybridized carbons (Fsp3) is 0.696. The van der Waals surface area contributed by atoms with Crippen LogP contribution in [-0.4, -0.2) is 77.2 Å². The van der Waals surface area contributed by atoms with Gasteiger partial charge in [0.25, 0.3) is 5.91 Å². The lowest BCUT2D eigenvalue weighted by molar-refractivity contribution is -0.137. The number of piperidine rings is 2. The fourth-order valence-electron chi connectivity index (χ4n) is 5.48. The van der Waals surface area contributed by atoms with Crippen LogP contribution in [0.15, 0.2) is 11.7 Å². The van der Waals surface area contributed by atoms with E-state index in [4.69, 9.17) is 0 Å². The van der Waals surface area contributed by atoms with Gasteiger partial charge in [-0.15, -0.1) is 11.3 Å². The maximum atomic E-state index is 13.2. The smallest absolute Gasteiger partial charge is 0.265 e. The Bertz CT molecular complexity index is 881. The van der Waals surface area contributed by atoms with E-state index >= 15 is 0 Å². The number of rotatable bonds is 1. The molecule has 1 spiro atoms. The number of likely N-dealkylation sites (tertiary alicyclic amines) is 2. The molecule has 0 unspecified atom stereocenters. The fourth-order valence-corrected chi connectivity index (χ4v) is 6.07. The van der Waals surface area contributed by atoms with Crippen LogP contribution in [0.25, 0.3) is 0 Å². The van der Waals surface area contributed by atoms with Crippen molar-refractivity contribution < 1.29 is 19.2 Å². The van der Waals surface area contributed by atoms with E-state index in [1.165, 1.54) is 11.3 Å². The van der Waals surface area contributed by atoms with Gasteiger partial charge in [-0.05, 0) is 38.0 Å². The molecule has 33 heavy (non-hydrogen) atoms. The van der Waals surface area contributed by atoms with E-state index in [0.29, 0.717) is 43.9 Å². The van der Waals surface area contributed by atoms with Gasteiger partial charge in [0.1, 0.15) is 4.88 Å². The first-order chi connectivity index (χ1) is 15.9. The zero-order valence-electron chi connectivity index (χ0n) is 19.2. The molecular weight excluding hydrogens is 442 g/mol. The molecule has 3 aliphatic heterocycles. The van der Waals surface area contributed by atoms with Crippen LogP contribution in [0, 0.1) is 11.3 Å². The van der Waals surface area contributed by atoms with Crippen molar-refractivity contribution in [3.05, 3.63) is 16.6 Å². The average Bonchev–Trinajstić information content (AvgIpc) is 3.35. The Kier molecular flexibility index (Phi) is 7.31. The first-order valence-electron chi connectivity index (χ1n) is 11.9. The summed E-state index contributed by atoms with van der Waals surface area (Å²) in [6.07, 6.45) is 7.04. The van der Waals surface area contributed by atoms with Crippen molar-refractivity contribution in [2.45, 2.75) is 57.9 Å². The molecule has 0 aliphatic carbocycles. The maximum Gasteiger partial charge on any atom is 0.265 e. The Morgan fingerprint density at radius 3 is 2.58 bits per heavy atom. The Morgan fingerprint density at radius 1 is 1.09 bits per heavy atom. The van der Waals surface area contributed by atoms with Crippen molar-refractivity contribution in [1.82, 2.24) is 25.4 Å². The van der Waals surface area contributed by atoms with Crippen LogP contribution in [0.2, 0.25) is 0 Å². The minimum atomic E-state index is -0.554. The highest BCUT2D eigenvalue weighted by molar-refractivity contribution is 7.11. The molecule has 3 fully saturated rings. The highest BCUT2D eigenvalue weighted by Crippen LogP contribution is 2.38. The molecule has 180 valence electrons. The monoisotopic (exact) mass is 475 g/mol. The number of carbonyl (C=O) groups excluding carboxylic acids is 4. The van der Waals surface area contributed by atoms with E-state index in [1.54, 1.807) is 23.5 Å². The summed E-state index contributed by atoms with van der Waals surface area (Å²) >= 11 is 1.33. The molecule has 0 bridgehead atoms. The van der Waals surface area contributed by atoms with Crippen LogP contribution in [0.5, 0.6) is 0 Å². The van der Waals surface area contributed by atoms with Crippen molar-refractivity contribution in [1.29, 1.82) is 0 Å². The van der Waals surface area contributed by atoms with Crippen molar-refractivity contribution in [2.75, 3.05) is 32.7 Å². The van der Waals surface area contributed by atoms with Gasteiger partial charge in [-0.3, -0.25) is 24.2 Å². The number of hydrogen-bond donors (Lipinski definition) is 2. The minimum absolute atomic E-state index is 0.0290. The lowest BCUT2D eigenvalue weighted by Crippen LogP contribution is -2.55. The number of carbonyl (C=O) groups is 4. The van der Waals surface area contributed by atoms with Gasteiger partial charge in [0.15, 0.2) is 0 Å². The number of nitrogens with one attached hydrogen (secondary N) is 2. The van der Waals surface area contributed by atoms with Gasteiger partial charge in [-0.25, -0.2) is 0 Å². The summed E-state index contributed by atoms with van der Waals surface area (Å²) in [4.78, 5) is 58.6. The maximum absolute atomic E-state index is 13.2. The third kappa shape index (κ3) is 5.37. The van der Waals surface area contributed by atoms with Gasteiger partial charge >= 0.3 is 0 Å². The second-order valence-corrected chi connectivity index (χ2v) is 10.4. The van der Waals surface area contributed by atoms with E-state index < -0.39 is 5.41 Å². The topological polar surface area (TPSA) is 112 Å². The molecule has 3 aliphatic rings. The third-order valence-electron chi connectivity index (χ3n) is 7.55. The van der Waals surface area contributed by atoms with E-state index in [1.807, 2.05) is 4.90 Å². The third-order valence-corrected chi connectivity index (χ3v) is 8.31. The largest absolute Gasteiger partial charge is 0.351 e. The standard InChI is InChI=1S/C23H33N5O4S/c1-16(29)28-9-5-18-17(14-28)4-2-3-6-23(22(32)25-13-20(30)26-18)7-10-27(11-8-23)21(31)19-12-24-15-33-19/h12,15,17-18H,2-11,13-14H2,1H3,(H,25,32)(H,26,30)/t17-,18+/m0/s1. The molecule has 0 saturated carbocycles. The highest BCUT2D eigenvalue weighted by atomic mass is 32.1. The van der Waals surface area contributed by atoms with Crippen LogP contribution < -0.4 is 10.6 Å². The van der Waals surface area contributed by atoms with Gasteiger partial charge in [0.2, 0.25) is 17.7 Å². The number of hydrogen-bond acceptors (Lipinski definition) is 6. The Labute approximate surface area is 198 Å². The summed E-state index contributed by atoms with van der Waals surface area (Å²) in [5.41, 5.74) is 1.10. The van der Waals surface area contributed by atoms with E-state index in [9.17, 15) is 19.2 Å². The predicted octanol–water partition coefficient (Wildman–Crippen LogP) is 1.41. The molecular formula is C23H33N5O4S. The minimum Gasteiger partial charge on any atom is -0.351 e. The summed E-state index contributed by atoms with van der Waals surface area (Å²) < 4.78 is 0. The van der Waals surface area contributed by atoms with Crippen LogP contribution in [0.1, 0.15) is 61.5 Å². The number of fused-ring (bicyclic) bond motifs is 1.